The van der Waals surface area contributed by atoms with Crippen LogP contribution < -0.4 is 0 Å². The van der Waals surface area contributed by atoms with Crippen LogP contribution in [0.4, 0.5) is 4.79 Å². The number of carbonyl (C=O) groups is 2. The first-order valence-corrected chi connectivity index (χ1v) is 13.5. The minimum Gasteiger partial charge on any atom is -0.476 e. The standard InChI is InChI=1S/C19H33N3O5Si/c1-19(2,3)27-18(25)22-9-7-8-15(22)16-20-14(17(23)24)12-21(16)13-26-10-11-28(4,5)6/h12,15H,7-11,13H2,1-6H3,(H,23,24)/t15-/m0/s1. The van der Waals surface area contributed by atoms with Crippen LogP contribution in [0.15, 0.2) is 6.20 Å². The lowest BCUT2D eigenvalue weighted by Crippen LogP contribution is -2.37. The first-order valence-electron chi connectivity index (χ1n) is 9.75. The summed E-state index contributed by atoms with van der Waals surface area (Å²) >= 11 is 0. The lowest BCUT2D eigenvalue weighted by atomic mass is 10.2. The smallest absolute Gasteiger partial charge is 0.410 e. The lowest BCUT2D eigenvalue weighted by molar-refractivity contribution is 0.0204. The molecule has 9 heteroatoms. The van der Waals surface area contributed by atoms with E-state index in [-0.39, 0.29) is 18.5 Å². The van der Waals surface area contributed by atoms with Crippen molar-refractivity contribution >= 4 is 20.1 Å². The van der Waals surface area contributed by atoms with E-state index in [4.69, 9.17) is 9.47 Å². The molecule has 0 bridgehead atoms. The summed E-state index contributed by atoms with van der Waals surface area (Å²) < 4.78 is 13.0. The maximum Gasteiger partial charge on any atom is 0.410 e. The van der Waals surface area contributed by atoms with Crippen molar-refractivity contribution in [3.63, 3.8) is 0 Å². The molecule has 1 fully saturated rings. The van der Waals surface area contributed by atoms with Gasteiger partial charge in [0.15, 0.2) is 5.69 Å². The van der Waals surface area contributed by atoms with E-state index in [2.05, 4.69) is 24.6 Å². The summed E-state index contributed by atoms with van der Waals surface area (Å²) in [6.07, 6.45) is 2.61. The molecule has 1 saturated heterocycles. The van der Waals surface area contributed by atoms with Crippen LogP contribution in [0.5, 0.6) is 0 Å². The Morgan fingerprint density at radius 1 is 1.32 bits per heavy atom. The number of imidazole rings is 1. The van der Waals surface area contributed by atoms with E-state index < -0.39 is 25.7 Å². The van der Waals surface area contributed by atoms with Crippen LogP contribution in [-0.2, 0) is 16.2 Å². The molecule has 0 spiro atoms. The Bertz CT molecular complexity index is 705. The molecule has 0 aromatic carbocycles. The van der Waals surface area contributed by atoms with Gasteiger partial charge in [0.05, 0.1) is 6.04 Å². The van der Waals surface area contributed by atoms with Crippen LogP contribution in [-0.4, -0.2) is 58.4 Å². The summed E-state index contributed by atoms with van der Waals surface area (Å²) in [5, 5.41) is 9.36. The van der Waals surface area contributed by atoms with Gasteiger partial charge in [0.25, 0.3) is 0 Å². The molecule has 158 valence electrons. The van der Waals surface area contributed by atoms with E-state index in [1.165, 1.54) is 6.20 Å². The summed E-state index contributed by atoms with van der Waals surface area (Å²) in [5.41, 5.74) is -0.633. The molecule has 8 nitrogen and oxygen atoms in total. The molecular weight excluding hydrogens is 378 g/mol. The van der Waals surface area contributed by atoms with Crippen LogP contribution in [0.2, 0.25) is 25.7 Å². The van der Waals surface area contributed by atoms with E-state index in [1.54, 1.807) is 9.47 Å². The summed E-state index contributed by atoms with van der Waals surface area (Å²) in [7, 11) is -1.21. The predicted molar refractivity (Wildman–Crippen MR) is 108 cm³/mol. The van der Waals surface area contributed by atoms with E-state index in [1.807, 2.05) is 20.8 Å². The maximum absolute atomic E-state index is 12.6. The van der Waals surface area contributed by atoms with Crippen molar-refractivity contribution in [1.82, 2.24) is 14.5 Å². The molecule has 0 radical (unpaired) electrons. The molecule has 2 heterocycles. The summed E-state index contributed by atoms with van der Waals surface area (Å²) in [6.45, 7) is 13.7. The minimum atomic E-state index is -1.21. The topological polar surface area (TPSA) is 93.9 Å². The van der Waals surface area contributed by atoms with Crippen LogP contribution >= 0.6 is 0 Å². The molecule has 0 aliphatic carbocycles. The third-order valence-corrected chi connectivity index (χ3v) is 6.14. The molecule has 0 saturated carbocycles. The number of hydrogen-bond acceptors (Lipinski definition) is 5. The second-order valence-corrected chi connectivity index (χ2v) is 15.1. The van der Waals surface area contributed by atoms with E-state index in [0.717, 1.165) is 12.5 Å². The Morgan fingerprint density at radius 3 is 2.57 bits per heavy atom. The first kappa shape index (κ1) is 22.4. The Hall–Kier alpha value is -1.87. The highest BCUT2D eigenvalue weighted by Gasteiger charge is 2.36. The van der Waals surface area contributed by atoms with E-state index in [0.29, 0.717) is 25.4 Å². The Morgan fingerprint density at radius 2 is 2.00 bits per heavy atom. The van der Waals surface area contributed by atoms with Gasteiger partial charge in [-0.3, -0.25) is 4.90 Å². The third-order valence-electron chi connectivity index (χ3n) is 4.43. The van der Waals surface area contributed by atoms with Crippen molar-refractivity contribution < 1.29 is 24.2 Å². The van der Waals surface area contributed by atoms with Crippen molar-refractivity contribution in [2.45, 2.75) is 77.7 Å². The van der Waals surface area contributed by atoms with Gasteiger partial charge in [-0.15, -0.1) is 0 Å². The Kier molecular flexibility index (Phi) is 6.92. The van der Waals surface area contributed by atoms with Crippen molar-refractivity contribution in [3.8, 4) is 0 Å². The number of ether oxygens (including phenoxy) is 2. The fourth-order valence-corrected chi connectivity index (χ4v) is 3.77. The molecule has 2 rings (SSSR count). The molecular formula is C19H33N3O5Si. The average Bonchev–Trinajstić information content (AvgIpc) is 3.15. The van der Waals surface area contributed by atoms with Gasteiger partial charge in [0.2, 0.25) is 0 Å². The zero-order valence-corrected chi connectivity index (χ0v) is 18.8. The number of aromatic nitrogens is 2. The number of hydrogen-bond donors (Lipinski definition) is 1. The zero-order chi connectivity index (χ0) is 21.1. The van der Waals surface area contributed by atoms with Crippen LogP contribution in [0.1, 0.15) is 56.0 Å². The fourth-order valence-electron chi connectivity index (χ4n) is 3.02. The molecule has 1 aromatic rings. The molecule has 28 heavy (non-hydrogen) atoms. The van der Waals surface area contributed by atoms with E-state index in [9.17, 15) is 14.7 Å². The monoisotopic (exact) mass is 411 g/mol. The fraction of sp³-hybridized carbons (Fsp3) is 0.737. The molecule has 1 amide bonds. The van der Waals surface area contributed by atoms with Gasteiger partial charge in [0.1, 0.15) is 18.2 Å². The van der Waals surface area contributed by atoms with Crippen LogP contribution in [0.3, 0.4) is 0 Å². The van der Waals surface area contributed by atoms with Gasteiger partial charge in [-0.25, -0.2) is 14.6 Å². The number of nitrogens with zero attached hydrogens (tertiary/aromatic N) is 3. The number of carbonyl (C=O) groups excluding carboxylic acids is 1. The zero-order valence-electron chi connectivity index (χ0n) is 17.8. The number of rotatable bonds is 7. The number of carboxylic acids is 1. The predicted octanol–water partition coefficient (Wildman–Crippen LogP) is 3.97. The highest BCUT2D eigenvalue weighted by atomic mass is 28.3. The van der Waals surface area contributed by atoms with Crippen molar-refractivity contribution in [3.05, 3.63) is 17.7 Å². The molecule has 1 aromatic heterocycles. The summed E-state index contributed by atoms with van der Waals surface area (Å²) in [6, 6.07) is 0.708. The second-order valence-electron chi connectivity index (χ2n) is 9.44. The Labute approximate surface area is 167 Å². The molecule has 1 aliphatic heterocycles. The summed E-state index contributed by atoms with van der Waals surface area (Å²) in [4.78, 5) is 29.9. The highest BCUT2D eigenvalue weighted by molar-refractivity contribution is 6.76. The largest absolute Gasteiger partial charge is 0.476 e. The van der Waals surface area contributed by atoms with Crippen LogP contribution in [0.25, 0.3) is 0 Å². The van der Waals surface area contributed by atoms with Gasteiger partial charge in [-0.05, 0) is 39.7 Å². The van der Waals surface area contributed by atoms with Crippen LogP contribution in [0, 0.1) is 0 Å². The highest BCUT2D eigenvalue weighted by Crippen LogP contribution is 2.33. The van der Waals surface area contributed by atoms with Gasteiger partial charge in [-0.2, -0.15) is 0 Å². The quantitative estimate of drug-likeness (QED) is 0.539. The Balaban J connectivity index is 2.17. The number of aromatic carboxylic acids is 1. The van der Waals surface area contributed by atoms with E-state index >= 15 is 0 Å². The first-order chi connectivity index (χ1) is 12.9. The normalized spacial score (nSPS) is 17.8. The van der Waals surface area contributed by atoms with Crippen molar-refractivity contribution in [2.75, 3.05) is 13.2 Å². The summed E-state index contributed by atoms with van der Waals surface area (Å²) in [5.74, 6) is -0.558. The molecule has 1 N–H and O–H groups in total. The van der Waals surface area contributed by atoms with Crippen molar-refractivity contribution in [2.24, 2.45) is 0 Å². The molecule has 1 atom stereocenters. The second kappa shape index (κ2) is 8.65. The SMILES string of the molecule is CC(C)(C)OC(=O)N1CCC[C@H]1c1nc(C(=O)O)cn1COCC[Si](C)(C)C. The maximum atomic E-state index is 12.6. The van der Waals surface area contributed by atoms with Gasteiger partial charge in [0, 0.05) is 27.4 Å². The number of carboxylic acid groups (broad SMARTS) is 1. The van der Waals surface area contributed by atoms with Gasteiger partial charge < -0.3 is 19.1 Å². The minimum absolute atomic E-state index is 0.0418. The van der Waals surface area contributed by atoms with Crippen molar-refractivity contribution in [1.29, 1.82) is 0 Å². The average molecular weight is 412 g/mol. The molecule has 1 aliphatic rings. The lowest BCUT2D eigenvalue weighted by Gasteiger charge is -2.28. The van der Waals surface area contributed by atoms with Gasteiger partial charge in [-0.1, -0.05) is 19.6 Å². The number of likely N-dealkylation sites (tertiary alicyclic amines) is 1. The molecule has 0 unspecified atom stereocenters. The number of amides is 1. The van der Waals surface area contributed by atoms with Gasteiger partial charge >= 0.3 is 12.1 Å². The third kappa shape index (κ3) is 6.34.